The van der Waals surface area contributed by atoms with Crippen LogP contribution in [-0.4, -0.2) is 13.1 Å². The molecule has 0 bridgehead atoms. The van der Waals surface area contributed by atoms with Crippen LogP contribution in [0.3, 0.4) is 0 Å². The highest BCUT2D eigenvalue weighted by molar-refractivity contribution is 5.85. The Kier molecular flexibility index (Phi) is 10.5. The molecule has 1 saturated heterocycles. The van der Waals surface area contributed by atoms with Crippen molar-refractivity contribution in [1.29, 1.82) is 0 Å². The van der Waals surface area contributed by atoms with E-state index in [1.165, 1.54) is 70.9 Å². The Bertz CT molecular complexity index is 53.1. The van der Waals surface area contributed by atoms with E-state index in [4.69, 9.17) is 0 Å². The van der Waals surface area contributed by atoms with Gasteiger partial charge in [-0.3, -0.25) is 0 Å². The Labute approximate surface area is 89.1 Å². The molecule has 2 heteroatoms. The molecule has 13 heavy (non-hydrogen) atoms. The minimum absolute atomic E-state index is 0. The van der Waals surface area contributed by atoms with Crippen LogP contribution < -0.4 is 5.32 Å². The molecule has 0 aromatic rings. The molecule has 0 saturated carbocycles. The lowest BCUT2D eigenvalue weighted by Gasteiger charge is -2.07. The lowest BCUT2D eigenvalue weighted by molar-refractivity contribution is 0.512. The van der Waals surface area contributed by atoms with Crippen LogP contribution in [0, 0.1) is 0 Å². The van der Waals surface area contributed by atoms with Crippen LogP contribution in [0.15, 0.2) is 0 Å². The quantitative estimate of drug-likeness (QED) is 0.638. The summed E-state index contributed by atoms with van der Waals surface area (Å²) >= 11 is 0. The second-order valence-electron chi connectivity index (χ2n) is 3.93. The lowest BCUT2D eigenvalue weighted by Crippen LogP contribution is -2.16. The Morgan fingerprint density at radius 3 is 1.15 bits per heavy atom. The fourth-order valence-electron chi connectivity index (χ4n) is 1.86. The zero-order valence-corrected chi connectivity index (χ0v) is 9.50. The van der Waals surface area contributed by atoms with Gasteiger partial charge in [0.25, 0.3) is 0 Å². The van der Waals surface area contributed by atoms with Gasteiger partial charge in [-0.05, 0) is 25.9 Å². The molecule has 0 aromatic carbocycles. The zero-order chi connectivity index (χ0) is 8.49. The van der Waals surface area contributed by atoms with Crippen LogP contribution in [-0.2, 0) is 0 Å². The predicted molar refractivity (Wildman–Crippen MR) is 61.7 cm³/mol. The van der Waals surface area contributed by atoms with E-state index in [0.717, 1.165) is 0 Å². The number of hydrogen-bond donors (Lipinski definition) is 1. The first-order valence-electron chi connectivity index (χ1n) is 5.71. The van der Waals surface area contributed by atoms with Gasteiger partial charge in [0.1, 0.15) is 0 Å². The van der Waals surface area contributed by atoms with Crippen LogP contribution in [0.25, 0.3) is 0 Å². The van der Waals surface area contributed by atoms with Gasteiger partial charge in [-0.15, -0.1) is 12.4 Å². The lowest BCUT2D eigenvalue weighted by atomic mass is 10.1. The molecule has 0 unspecified atom stereocenters. The van der Waals surface area contributed by atoms with E-state index in [1.807, 2.05) is 0 Å². The smallest absolute Gasteiger partial charge is 0.00489 e. The molecule has 0 atom stereocenters. The van der Waals surface area contributed by atoms with Gasteiger partial charge in [0.15, 0.2) is 0 Å². The summed E-state index contributed by atoms with van der Waals surface area (Å²) in [5.74, 6) is 0. The molecule has 0 amide bonds. The predicted octanol–water partition coefficient (Wildman–Crippen LogP) is 3.52. The molecule has 1 aliphatic heterocycles. The third-order valence-electron chi connectivity index (χ3n) is 2.71. The third kappa shape index (κ3) is 8.58. The molecule has 1 heterocycles. The first-order valence-corrected chi connectivity index (χ1v) is 5.71. The van der Waals surface area contributed by atoms with Gasteiger partial charge in [0, 0.05) is 0 Å². The first kappa shape index (κ1) is 13.2. The third-order valence-corrected chi connectivity index (χ3v) is 2.71. The van der Waals surface area contributed by atoms with Crippen molar-refractivity contribution < 1.29 is 0 Å². The number of hydrogen-bond acceptors (Lipinski definition) is 1. The van der Waals surface area contributed by atoms with Gasteiger partial charge < -0.3 is 5.32 Å². The summed E-state index contributed by atoms with van der Waals surface area (Å²) in [6.45, 7) is 2.50. The van der Waals surface area contributed by atoms with Gasteiger partial charge in [-0.2, -0.15) is 0 Å². The Morgan fingerprint density at radius 2 is 0.769 bits per heavy atom. The van der Waals surface area contributed by atoms with Gasteiger partial charge in [-0.25, -0.2) is 0 Å². The summed E-state index contributed by atoms with van der Waals surface area (Å²) in [4.78, 5) is 0. The molecule has 80 valence electrons. The SMILES string of the molecule is C1CCCCCNCCCCC1.Cl. The number of rotatable bonds is 0. The largest absolute Gasteiger partial charge is 0.317 e. The molecule has 0 radical (unpaired) electrons. The molecular formula is C11H24ClN. The molecular weight excluding hydrogens is 182 g/mol. The minimum Gasteiger partial charge on any atom is -0.317 e. The van der Waals surface area contributed by atoms with Crippen molar-refractivity contribution in [1.82, 2.24) is 5.32 Å². The van der Waals surface area contributed by atoms with Crippen LogP contribution >= 0.6 is 12.4 Å². The van der Waals surface area contributed by atoms with E-state index >= 15 is 0 Å². The summed E-state index contributed by atoms with van der Waals surface area (Å²) in [5, 5.41) is 3.50. The second kappa shape index (κ2) is 10.3. The number of nitrogens with one attached hydrogen (secondary N) is 1. The van der Waals surface area contributed by atoms with Gasteiger partial charge in [0.2, 0.25) is 0 Å². The summed E-state index contributed by atoms with van der Waals surface area (Å²) in [7, 11) is 0. The number of halogens is 1. The summed E-state index contributed by atoms with van der Waals surface area (Å²) in [5.41, 5.74) is 0. The summed E-state index contributed by atoms with van der Waals surface area (Å²) in [6, 6.07) is 0. The van der Waals surface area contributed by atoms with E-state index < -0.39 is 0 Å². The Morgan fingerprint density at radius 1 is 0.462 bits per heavy atom. The molecule has 1 N–H and O–H groups in total. The van der Waals surface area contributed by atoms with E-state index in [1.54, 1.807) is 0 Å². The molecule has 0 spiro atoms. The van der Waals surface area contributed by atoms with E-state index in [0.29, 0.717) is 0 Å². The average molecular weight is 206 g/mol. The second-order valence-corrected chi connectivity index (χ2v) is 3.93. The highest BCUT2D eigenvalue weighted by Gasteiger charge is 1.95. The molecule has 1 nitrogen and oxygen atoms in total. The van der Waals surface area contributed by atoms with Crippen LogP contribution in [0.1, 0.15) is 57.8 Å². The highest BCUT2D eigenvalue weighted by atomic mass is 35.5. The Balaban J connectivity index is 0.00000144. The summed E-state index contributed by atoms with van der Waals surface area (Å²) in [6.07, 6.45) is 13.0. The van der Waals surface area contributed by atoms with Crippen LogP contribution in [0.5, 0.6) is 0 Å². The topological polar surface area (TPSA) is 12.0 Å². The highest BCUT2D eigenvalue weighted by Crippen LogP contribution is 2.09. The maximum Gasteiger partial charge on any atom is -0.00489 e. The molecule has 0 aromatic heterocycles. The standard InChI is InChI=1S/C11H23N.ClH/c1-2-4-6-8-10-12-11-9-7-5-3-1;/h12H,1-11H2;1H. The van der Waals surface area contributed by atoms with Crippen molar-refractivity contribution in [2.45, 2.75) is 57.8 Å². The minimum atomic E-state index is 0. The average Bonchev–Trinajstić information content (AvgIpc) is 2.05. The van der Waals surface area contributed by atoms with Gasteiger partial charge >= 0.3 is 0 Å². The monoisotopic (exact) mass is 205 g/mol. The Hall–Kier alpha value is 0.250. The van der Waals surface area contributed by atoms with Crippen molar-refractivity contribution in [2.24, 2.45) is 0 Å². The summed E-state index contributed by atoms with van der Waals surface area (Å²) < 4.78 is 0. The maximum atomic E-state index is 3.50. The maximum absolute atomic E-state index is 3.50. The zero-order valence-electron chi connectivity index (χ0n) is 8.69. The van der Waals surface area contributed by atoms with E-state index in [-0.39, 0.29) is 12.4 Å². The molecule has 1 fully saturated rings. The van der Waals surface area contributed by atoms with Crippen molar-refractivity contribution >= 4 is 12.4 Å². The van der Waals surface area contributed by atoms with Crippen molar-refractivity contribution in [3.8, 4) is 0 Å². The molecule has 1 rings (SSSR count). The fraction of sp³-hybridized carbons (Fsp3) is 1.00. The first-order chi connectivity index (χ1) is 6.00. The fourth-order valence-corrected chi connectivity index (χ4v) is 1.86. The van der Waals surface area contributed by atoms with Gasteiger partial charge in [-0.1, -0.05) is 44.9 Å². The van der Waals surface area contributed by atoms with Crippen molar-refractivity contribution in [3.63, 3.8) is 0 Å². The van der Waals surface area contributed by atoms with E-state index in [9.17, 15) is 0 Å². The van der Waals surface area contributed by atoms with Crippen LogP contribution in [0.4, 0.5) is 0 Å². The normalized spacial score (nSPS) is 22.2. The van der Waals surface area contributed by atoms with Gasteiger partial charge in [0.05, 0.1) is 0 Å². The molecule has 0 aliphatic carbocycles. The molecule has 1 aliphatic rings. The van der Waals surface area contributed by atoms with Crippen LogP contribution in [0.2, 0.25) is 0 Å². The van der Waals surface area contributed by atoms with Crippen molar-refractivity contribution in [3.05, 3.63) is 0 Å². The van der Waals surface area contributed by atoms with Crippen molar-refractivity contribution in [2.75, 3.05) is 13.1 Å². The van der Waals surface area contributed by atoms with E-state index in [2.05, 4.69) is 5.32 Å².